The summed E-state index contributed by atoms with van der Waals surface area (Å²) in [4.78, 5) is 28.4. The number of aromatic nitrogens is 3. The third kappa shape index (κ3) is 4.47. The van der Waals surface area contributed by atoms with Crippen molar-refractivity contribution in [1.82, 2.24) is 14.5 Å². The van der Waals surface area contributed by atoms with E-state index in [0.29, 0.717) is 43.2 Å². The maximum absolute atomic E-state index is 10.9. The minimum Gasteiger partial charge on any atom is -0.387 e. The summed E-state index contributed by atoms with van der Waals surface area (Å²) in [5.41, 5.74) is 0.421. The van der Waals surface area contributed by atoms with E-state index in [9.17, 15) is 14.8 Å². The first-order chi connectivity index (χ1) is 14.2. The van der Waals surface area contributed by atoms with Crippen LogP contribution < -0.4 is 4.90 Å². The first kappa shape index (κ1) is 21.9. The summed E-state index contributed by atoms with van der Waals surface area (Å²) >= 11 is 6.14. The number of aliphatic hydroxyl groups excluding tert-OH is 2. The fraction of sp³-hybridized carbons (Fsp3) is 0.625. The second-order valence-electron chi connectivity index (χ2n) is 7.09. The Hall–Kier alpha value is -1.34. The van der Waals surface area contributed by atoms with E-state index in [4.69, 9.17) is 35.6 Å². The number of halogens is 1. The minimum absolute atomic E-state index is 0.0264. The molecule has 30 heavy (non-hydrogen) atoms. The van der Waals surface area contributed by atoms with Gasteiger partial charge in [-0.05, 0) is 17.7 Å². The predicted octanol–water partition coefficient (Wildman–Crippen LogP) is -0.308. The molecule has 0 radical (unpaired) electrons. The van der Waals surface area contributed by atoms with Gasteiger partial charge in [0.15, 0.2) is 6.23 Å². The van der Waals surface area contributed by atoms with Crippen molar-refractivity contribution in [3.8, 4) is 0 Å². The number of morpholine rings is 1. The quantitative estimate of drug-likeness (QED) is 0.328. The van der Waals surface area contributed by atoms with Crippen LogP contribution in [0.1, 0.15) is 6.23 Å². The molecule has 2 saturated heterocycles. The number of nitrogens with zero attached hydrogens (tertiary/aromatic N) is 4. The Bertz CT molecular complexity index is 949. The Morgan fingerprint density at radius 3 is 2.67 bits per heavy atom. The zero-order chi connectivity index (χ0) is 21.5. The van der Waals surface area contributed by atoms with Crippen LogP contribution in [0.3, 0.4) is 0 Å². The zero-order valence-corrected chi connectivity index (χ0v) is 17.4. The van der Waals surface area contributed by atoms with Crippen LogP contribution in [0.15, 0.2) is 12.3 Å². The van der Waals surface area contributed by atoms with Crippen molar-refractivity contribution in [2.24, 2.45) is 0 Å². The molecule has 0 amide bonds. The first-order valence-electron chi connectivity index (χ1n) is 9.25. The lowest BCUT2D eigenvalue weighted by molar-refractivity contribution is -0.0610. The molecule has 166 valence electrons. The summed E-state index contributed by atoms with van der Waals surface area (Å²) in [7, 11) is -4.35. The summed E-state index contributed by atoms with van der Waals surface area (Å²) in [6, 6.07) is 1.77. The minimum atomic E-state index is -4.35. The standard InChI is InChI=1S/C16H22ClN4O8P/c17-16-18-13(20-3-5-27-6-4-20)9-1-2-21(14(9)19-16)15-12(23)11(22)10(29-15)7-28-8-30(24,25)26/h1-2,10-12,15,22-23H,3-8H2,(H2,24,25,26)/t10-,11-,12-,15-/m1/s1. The summed E-state index contributed by atoms with van der Waals surface area (Å²) in [5.74, 6) is 0.640. The van der Waals surface area contributed by atoms with Crippen LogP contribution in [0.25, 0.3) is 11.0 Å². The number of aliphatic hydroxyl groups is 2. The van der Waals surface area contributed by atoms with Gasteiger partial charge in [-0.25, -0.2) is 0 Å². The van der Waals surface area contributed by atoms with Crippen LogP contribution in [0.4, 0.5) is 5.82 Å². The third-order valence-electron chi connectivity index (χ3n) is 4.99. The molecule has 0 saturated carbocycles. The Balaban J connectivity index is 1.58. The molecule has 0 spiro atoms. The fourth-order valence-corrected chi connectivity index (χ4v) is 4.10. The fourth-order valence-electron chi connectivity index (χ4n) is 3.60. The molecule has 0 aliphatic carbocycles. The van der Waals surface area contributed by atoms with Gasteiger partial charge >= 0.3 is 7.60 Å². The molecule has 2 aliphatic heterocycles. The molecule has 2 aliphatic rings. The summed E-state index contributed by atoms with van der Waals surface area (Å²) < 4.78 is 28.5. The van der Waals surface area contributed by atoms with E-state index in [1.165, 1.54) is 0 Å². The summed E-state index contributed by atoms with van der Waals surface area (Å²) in [5, 5.41) is 21.5. The Kier molecular flexibility index (Phi) is 6.31. The van der Waals surface area contributed by atoms with Gasteiger partial charge in [0.05, 0.1) is 25.2 Å². The normalized spacial score (nSPS) is 27.8. The largest absolute Gasteiger partial charge is 0.387 e. The van der Waals surface area contributed by atoms with Gasteiger partial charge < -0.3 is 43.7 Å². The average Bonchev–Trinajstić information content (AvgIpc) is 3.23. The smallest absolute Gasteiger partial charge is 0.350 e. The summed E-state index contributed by atoms with van der Waals surface area (Å²) in [6.07, 6.45) is -3.77. The number of ether oxygens (including phenoxy) is 3. The van der Waals surface area contributed by atoms with Crippen molar-refractivity contribution in [3.63, 3.8) is 0 Å². The van der Waals surface area contributed by atoms with Crippen molar-refractivity contribution < 1.29 is 38.8 Å². The lowest BCUT2D eigenvalue weighted by Crippen LogP contribution is -2.37. The van der Waals surface area contributed by atoms with Gasteiger partial charge in [0.25, 0.3) is 0 Å². The van der Waals surface area contributed by atoms with Crippen LogP contribution >= 0.6 is 19.2 Å². The predicted molar refractivity (Wildman–Crippen MR) is 104 cm³/mol. The molecule has 0 aromatic carbocycles. The highest BCUT2D eigenvalue weighted by Crippen LogP contribution is 2.37. The van der Waals surface area contributed by atoms with Gasteiger partial charge in [0.1, 0.15) is 36.1 Å². The molecular formula is C16H22ClN4O8P. The topological polar surface area (TPSA) is 160 Å². The molecular weight excluding hydrogens is 443 g/mol. The molecule has 12 nitrogen and oxygen atoms in total. The monoisotopic (exact) mass is 464 g/mol. The van der Waals surface area contributed by atoms with E-state index in [-0.39, 0.29) is 11.9 Å². The van der Waals surface area contributed by atoms with E-state index in [2.05, 4.69) is 9.97 Å². The Morgan fingerprint density at radius 2 is 1.97 bits per heavy atom. The van der Waals surface area contributed by atoms with E-state index in [0.717, 1.165) is 0 Å². The molecule has 14 heteroatoms. The zero-order valence-electron chi connectivity index (χ0n) is 15.7. The van der Waals surface area contributed by atoms with Gasteiger partial charge in [0, 0.05) is 19.3 Å². The lowest BCUT2D eigenvalue weighted by Gasteiger charge is -2.28. The van der Waals surface area contributed by atoms with E-state index in [1.807, 2.05) is 4.90 Å². The maximum atomic E-state index is 10.9. The van der Waals surface area contributed by atoms with E-state index < -0.39 is 38.5 Å². The number of hydrogen-bond donors (Lipinski definition) is 4. The first-order valence-corrected chi connectivity index (χ1v) is 11.4. The molecule has 2 fully saturated rings. The number of fused-ring (bicyclic) bond motifs is 1. The van der Waals surface area contributed by atoms with Crippen LogP contribution in [-0.4, -0.2) is 92.1 Å². The second kappa shape index (κ2) is 8.65. The van der Waals surface area contributed by atoms with Crippen LogP contribution in [-0.2, 0) is 18.8 Å². The Labute approximate surface area is 176 Å². The molecule has 2 aromatic heterocycles. The molecule has 0 bridgehead atoms. The number of anilines is 1. The number of hydrogen-bond acceptors (Lipinski definition) is 9. The third-order valence-corrected chi connectivity index (χ3v) is 5.68. The number of rotatable bonds is 6. The molecule has 4 rings (SSSR count). The second-order valence-corrected chi connectivity index (χ2v) is 9.01. The molecule has 0 unspecified atom stereocenters. The molecule has 2 aromatic rings. The maximum Gasteiger partial charge on any atom is 0.350 e. The van der Waals surface area contributed by atoms with E-state index >= 15 is 0 Å². The SMILES string of the molecule is O=P(O)(O)COC[C@H]1O[C@@H](n2ccc3c(N4CCOCC4)nc(Cl)nc32)[C@H](O)[C@@H]1O. The van der Waals surface area contributed by atoms with Crippen molar-refractivity contribution in [3.05, 3.63) is 17.5 Å². The van der Waals surface area contributed by atoms with E-state index in [1.54, 1.807) is 16.8 Å². The molecule has 4 heterocycles. The highest BCUT2D eigenvalue weighted by Gasteiger charge is 2.44. The van der Waals surface area contributed by atoms with Crippen molar-refractivity contribution in [2.45, 2.75) is 24.5 Å². The van der Waals surface area contributed by atoms with Crippen molar-refractivity contribution in [1.29, 1.82) is 0 Å². The van der Waals surface area contributed by atoms with Crippen molar-refractivity contribution >= 4 is 36.0 Å². The van der Waals surface area contributed by atoms with Crippen molar-refractivity contribution in [2.75, 3.05) is 44.2 Å². The summed E-state index contributed by atoms with van der Waals surface area (Å²) in [6.45, 7) is 2.13. The average molecular weight is 465 g/mol. The van der Waals surface area contributed by atoms with Crippen LogP contribution in [0, 0.1) is 0 Å². The lowest BCUT2D eigenvalue weighted by atomic mass is 10.1. The Morgan fingerprint density at radius 1 is 1.23 bits per heavy atom. The van der Waals surface area contributed by atoms with Gasteiger partial charge in [-0.3, -0.25) is 4.57 Å². The van der Waals surface area contributed by atoms with Gasteiger partial charge in [-0.15, -0.1) is 0 Å². The van der Waals surface area contributed by atoms with Gasteiger partial charge in [0.2, 0.25) is 5.28 Å². The molecule has 4 atom stereocenters. The van der Waals surface area contributed by atoms with Gasteiger partial charge in [-0.1, -0.05) is 0 Å². The highest BCUT2D eigenvalue weighted by atomic mass is 35.5. The van der Waals surface area contributed by atoms with Crippen LogP contribution in [0.2, 0.25) is 5.28 Å². The highest BCUT2D eigenvalue weighted by molar-refractivity contribution is 7.51. The molecule has 4 N–H and O–H groups in total. The van der Waals surface area contributed by atoms with Gasteiger partial charge in [-0.2, -0.15) is 9.97 Å². The van der Waals surface area contributed by atoms with Crippen LogP contribution in [0.5, 0.6) is 0 Å².